The Hall–Kier alpha value is -1.27. The van der Waals surface area contributed by atoms with E-state index in [2.05, 4.69) is 16.6 Å². The Kier molecular flexibility index (Phi) is 4.66. The number of thioether (sulfide) groups is 1. The highest BCUT2D eigenvalue weighted by Crippen LogP contribution is 2.31. The Morgan fingerprint density at radius 1 is 1.63 bits per heavy atom. The van der Waals surface area contributed by atoms with Crippen molar-refractivity contribution in [2.24, 2.45) is 0 Å². The SMILES string of the molecule is CSCCC(C)NC(=O)c1sc2ncccc2c1N. The first-order valence-electron chi connectivity index (χ1n) is 6.06. The van der Waals surface area contributed by atoms with Crippen LogP contribution in [0.3, 0.4) is 0 Å². The van der Waals surface area contributed by atoms with Crippen LogP contribution in [0.4, 0.5) is 5.69 Å². The van der Waals surface area contributed by atoms with Gasteiger partial charge >= 0.3 is 0 Å². The molecule has 2 aromatic rings. The predicted molar refractivity (Wildman–Crippen MR) is 84.0 cm³/mol. The second-order valence-corrected chi connectivity index (χ2v) is 6.34. The van der Waals surface area contributed by atoms with E-state index in [1.807, 2.05) is 19.1 Å². The number of rotatable bonds is 5. The molecule has 0 radical (unpaired) electrons. The van der Waals surface area contributed by atoms with E-state index in [9.17, 15) is 4.79 Å². The summed E-state index contributed by atoms with van der Waals surface area (Å²) in [5.41, 5.74) is 6.55. The van der Waals surface area contributed by atoms with Gasteiger partial charge in [0, 0.05) is 17.6 Å². The van der Waals surface area contributed by atoms with Crippen LogP contribution in [0, 0.1) is 0 Å². The monoisotopic (exact) mass is 295 g/mol. The van der Waals surface area contributed by atoms with Crippen molar-refractivity contribution in [1.82, 2.24) is 10.3 Å². The molecule has 3 N–H and O–H groups in total. The summed E-state index contributed by atoms with van der Waals surface area (Å²) in [4.78, 5) is 17.8. The van der Waals surface area contributed by atoms with Crippen LogP contribution >= 0.6 is 23.1 Å². The van der Waals surface area contributed by atoms with E-state index in [0.717, 1.165) is 22.4 Å². The summed E-state index contributed by atoms with van der Waals surface area (Å²) in [6, 6.07) is 3.87. The maximum absolute atomic E-state index is 12.2. The summed E-state index contributed by atoms with van der Waals surface area (Å²) < 4.78 is 0. The molecule has 1 unspecified atom stereocenters. The second-order valence-electron chi connectivity index (χ2n) is 4.36. The zero-order valence-corrected chi connectivity index (χ0v) is 12.6. The van der Waals surface area contributed by atoms with Crippen LogP contribution in [0.1, 0.15) is 23.0 Å². The second kappa shape index (κ2) is 6.25. The molecule has 0 aromatic carbocycles. The lowest BCUT2D eigenvalue weighted by Gasteiger charge is -2.12. The lowest BCUT2D eigenvalue weighted by Crippen LogP contribution is -2.32. The Labute approximate surface area is 120 Å². The van der Waals surface area contributed by atoms with Crippen LogP contribution in [0.5, 0.6) is 0 Å². The molecule has 0 aliphatic heterocycles. The number of fused-ring (bicyclic) bond motifs is 1. The summed E-state index contributed by atoms with van der Waals surface area (Å²) in [7, 11) is 0. The van der Waals surface area contributed by atoms with Gasteiger partial charge < -0.3 is 11.1 Å². The molecular weight excluding hydrogens is 278 g/mol. The zero-order valence-electron chi connectivity index (χ0n) is 11.0. The van der Waals surface area contributed by atoms with Crippen molar-refractivity contribution in [3.63, 3.8) is 0 Å². The van der Waals surface area contributed by atoms with Crippen LogP contribution in [-0.4, -0.2) is 28.9 Å². The number of carbonyl (C=O) groups excluding carboxylic acids is 1. The van der Waals surface area contributed by atoms with Crippen LogP contribution in [0.25, 0.3) is 10.2 Å². The average Bonchev–Trinajstić information content (AvgIpc) is 2.74. The third-order valence-corrected chi connectivity index (χ3v) is 4.62. The van der Waals surface area contributed by atoms with Crippen molar-refractivity contribution in [2.45, 2.75) is 19.4 Å². The van der Waals surface area contributed by atoms with Gasteiger partial charge in [0.05, 0.1) is 5.69 Å². The molecule has 4 nitrogen and oxygen atoms in total. The van der Waals surface area contributed by atoms with Crippen molar-refractivity contribution in [1.29, 1.82) is 0 Å². The number of nitrogens with zero attached hydrogens (tertiary/aromatic N) is 1. The molecule has 102 valence electrons. The number of hydrogen-bond acceptors (Lipinski definition) is 5. The molecule has 0 saturated heterocycles. The number of amides is 1. The van der Waals surface area contributed by atoms with Crippen LogP contribution in [-0.2, 0) is 0 Å². The molecule has 2 aromatic heterocycles. The molecule has 0 fully saturated rings. The Balaban J connectivity index is 2.15. The number of pyridine rings is 1. The summed E-state index contributed by atoms with van der Waals surface area (Å²) in [6.07, 6.45) is 4.72. The van der Waals surface area contributed by atoms with Gasteiger partial charge in [-0.15, -0.1) is 11.3 Å². The van der Waals surface area contributed by atoms with Gasteiger partial charge in [0.25, 0.3) is 5.91 Å². The van der Waals surface area contributed by atoms with Gasteiger partial charge in [0.15, 0.2) is 0 Å². The number of nitrogens with one attached hydrogen (secondary N) is 1. The first-order valence-corrected chi connectivity index (χ1v) is 8.27. The fourth-order valence-electron chi connectivity index (χ4n) is 1.78. The third-order valence-electron chi connectivity index (χ3n) is 2.84. The minimum Gasteiger partial charge on any atom is -0.397 e. The molecule has 1 atom stereocenters. The van der Waals surface area contributed by atoms with Crippen molar-refractivity contribution in [3.8, 4) is 0 Å². The van der Waals surface area contributed by atoms with Gasteiger partial charge in [-0.2, -0.15) is 11.8 Å². The lowest BCUT2D eigenvalue weighted by atomic mass is 10.2. The van der Waals surface area contributed by atoms with Crippen LogP contribution < -0.4 is 11.1 Å². The van der Waals surface area contributed by atoms with E-state index in [-0.39, 0.29) is 11.9 Å². The van der Waals surface area contributed by atoms with Crippen LogP contribution in [0.2, 0.25) is 0 Å². The van der Waals surface area contributed by atoms with E-state index in [4.69, 9.17) is 5.73 Å². The average molecular weight is 295 g/mol. The number of thiophene rings is 1. The minimum absolute atomic E-state index is 0.103. The molecule has 0 bridgehead atoms. The van der Waals surface area contributed by atoms with Crippen molar-refractivity contribution in [2.75, 3.05) is 17.7 Å². The van der Waals surface area contributed by atoms with Crippen LogP contribution in [0.15, 0.2) is 18.3 Å². The number of carbonyl (C=O) groups is 1. The quantitative estimate of drug-likeness (QED) is 0.890. The molecule has 6 heteroatoms. The standard InChI is InChI=1S/C13H17N3OS2/c1-8(5-7-18-2)16-12(17)11-10(14)9-4-3-6-15-13(9)19-11/h3-4,6,8H,5,7,14H2,1-2H3,(H,16,17). The maximum Gasteiger partial charge on any atom is 0.263 e. The lowest BCUT2D eigenvalue weighted by molar-refractivity contribution is 0.0944. The summed E-state index contributed by atoms with van der Waals surface area (Å²) >= 11 is 3.12. The number of anilines is 1. The smallest absolute Gasteiger partial charge is 0.263 e. The van der Waals surface area contributed by atoms with E-state index in [0.29, 0.717) is 10.6 Å². The molecular formula is C13H17N3OS2. The van der Waals surface area contributed by atoms with Gasteiger partial charge in [0.1, 0.15) is 9.71 Å². The van der Waals surface area contributed by atoms with E-state index in [1.165, 1.54) is 11.3 Å². The Bertz CT molecular complexity index is 582. The fraction of sp³-hybridized carbons (Fsp3) is 0.385. The van der Waals surface area contributed by atoms with Crippen molar-refractivity contribution in [3.05, 3.63) is 23.2 Å². The van der Waals surface area contributed by atoms with Gasteiger partial charge in [-0.05, 0) is 37.5 Å². The Morgan fingerprint density at radius 3 is 3.11 bits per heavy atom. The minimum atomic E-state index is -0.103. The first kappa shape index (κ1) is 14.1. The summed E-state index contributed by atoms with van der Waals surface area (Å²) in [5, 5.41) is 3.84. The molecule has 0 saturated carbocycles. The zero-order chi connectivity index (χ0) is 13.8. The van der Waals surface area contributed by atoms with E-state index >= 15 is 0 Å². The summed E-state index contributed by atoms with van der Waals surface area (Å²) in [5.74, 6) is 0.930. The molecule has 0 aliphatic carbocycles. The predicted octanol–water partition coefficient (Wildman–Crippen LogP) is 2.75. The third kappa shape index (κ3) is 3.19. The highest BCUT2D eigenvalue weighted by Gasteiger charge is 2.18. The summed E-state index contributed by atoms with van der Waals surface area (Å²) in [6.45, 7) is 2.01. The molecule has 0 aliphatic rings. The maximum atomic E-state index is 12.2. The molecule has 0 spiro atoms. The molecule has 2 rings (SSSR count). The van der Waals surface area contributed by atoms with Gasteiger partial charge in [-0.25, -0.2) is 4.98 Å². The number of aromatic nitrogens is 1. The van der Waals surface area contributed by atoms with Gasteiger partial charge in [0.2, 0.25) is 0 Å². The number of hydrogen-bond donors (Lipinski definition) is 2. The first-order chi connectivity index (χ1) is 9.13. The normalized spacial score (nSPS) is 12.5. The molecule has 2 heterocycles. The fourth-order valence-corrected chi connectivity index (χ4v) is 3.33. The van der Waals surface area contributed by atoms with Crippen molar-refractivity contribution < 1.29 is 4.79 Å². The largest absolute Gasteiger partial charge is 0.397 e. The van der Waals surface area contributed by atoms with Gasteiger partial charge in [-0.3, -0.25) is 4.79 Å². The molecule has 1 amide bonds. The number of nitrogens with two attached hydrogens (primary N) is 1. The van der Waals surface area contributed by atoms with Gasteiger partial charge in [-0.1, -0.05) is 0 Å². The topological polar surface area (TPSA) is 68.0 Å². The van der Waals surface area contributed by atoms with Crippen molar-refractivity contribution >= 4 is 44.9 Å². The highest BCUT2D eigenvalue weighted by atomic mass is 32.2. The van der Waals surface area contributed by atoms with E-state index in [1.54, 1.807) is 18.0 Å². The highest BCUT2D eigenvalue weighted by molar-refractivity contribution is 7.98. The molecule has 19 heavy (non-hydrogen) atoms. The Morgan fingerprint density at radius 2 is 2.42 bits per heavy atom. The van der Waals surface area contributed by atoms with E-state index < -0.39 is 0 Å². The number of nitrogen functional groups attached to an aromatic ring is 1.